The van der Waals surface area contributed by atoms with Crippen molar-refractivity contribution in [2.75, 3.05) is 0 Å². The molecule has 0 atom stereocenters. The Kier molecular flexibility index (Phi) is 17.4. The van der Waals surface area contributed by atoms with Crippen LogP contribution in [-0.2, 0) is 0 Å². The lowest BCUT2D eigenvalue weighted by Gasteiger charge is -2.18. The predicted octanol–water partition coefficient (Wildman–Crippen LogP) is 29.0. The van der Waals surface area contributed by atoms with E-state index in [1.54, 1.807) is 0 Å². The molecule has 22 aromatic carbocycles. The Bertz CT molecular complexity index is 7400. The van der Waals surface area contributed by atoms with E-state index in [1.165, 1.54) is 169 Å². The zero-order chi connectivity index (χ0) is 74.8. The van der Waals surface area contributed by atoms with Crippen LogP contribution in [0.2, 0.25) is 0 Å². The van der Waals surface area contributed by atoms with Crippen molar-refractivity contribution in [3.63, 3.8) is 0 Å². The molecular weight excluding hydrogens is 1420 g/mol. The molecule has 2 nitrogen and oxygen atoms in total. The lowest BCUT2D eigenvalue weighted by molar-refractivity contribution is 0.426. The van der Waals surface area contributed by atoms with Crippen LogP contribution in [0.4, 0.5) is 0 Å². The van der Waals surface area contributed by atoms with E-state index in [4.69, 9.17) is 0 Å². The standard InChI is InChI=1S/C54H34.C30H21BO2.C24H15Br/c1-3-16-45-35(11-1)13-10-22-47(45)42-14-9-15-43(33-42)53-48-18-5-7-20-50(48)54(51-21-8-6-19-49(51)53)44-30-29-38-31-39(27-28-40(38)32-44)41-26-25-37-24-23-36-12-2-4-17-46(36)52(37)34-41;32-31(33)30-27-16-5-3-14-25(27)29(26-15-4-6-17-28(26)30)22-12-7-11-21(19-22)24-18-8-10-20-9-1-2-13-23(20)24;25-22-12-11-19-13-18(9-10-20(19)14-22)21-8-7-17-6-5-16-3-1-2-4-23(16)24(17)15-21/h1-34H;1-19,32-33H;1-15H. The van der Waals surface area contributed by atoms with Gasteiger partial charge < -0.3 is 10.0 Å². The van der Waals surface area contributed by atoms with Crippen LogP contribution in [-0.4, -0.2) is 17.2 Å². The zero-order valence-corrected chi connectivity index (χ0v) is 62.7. The summed E-state index contributed by atoms with van der Waals surface area (Å²) in [5.74, 6) is 0. The molecule has 0 aliphatic carbocycles. The van der Waals surface area contributed by atoms with Gasteiger partial charge in [-0.3, -0.25) is 0 Å². The maximum Gasteiger partial charge on any atom is 0.489 e. The van der Waals surface area contributed by atoms with Gasteiger partial charge in [-0.1, -0.05) is 374 Å². The van der Waals surface area contributed by atoms with Crippen molar-refractivity contribution in [2.45, 2.75) is 0 Å². The van der Waals surface area contributed by atoms with E-state index < -0.39 is 7.12 Å². The first kappa shape index (κ1) is 67.8. The molecule has 0 unspecified atom stereocenters. The maximum absolute atomic E-state index is 10.2. The fourth-order valence-electron chi connectivity index (χ4n) is 17.5. The van der Waals surface area contributed by atoms with Crippen molar-refractivity contribution in [3.05, 3.63) is 417 Å². The summed E-state index contributed by atoms with van der Waals surface area (Å²) in [5, 5.41) is 49.6. The number of fused-ring (bicyclic) bond motifs is 14. The number of benzene rings is 22. The van der Waals surface area contributed by atoms with E-state index in [0.717, 1.165) is 42.7 Å². The second-order valence-electron chi connectivity index (χ2n) is 29.2. The van der Waals surface area contributed by atoms with Gasteiger partial charge in [0.1, 0.15) is 0 Å². The second kappa shape index (κ2) is 28.8. The largest absolute Gasteiger partial charge is 0.489 e. The van der Waals surface area contributed by atoms with E-state index in [9.17, 15) is 10.0 Å². The first-order valence-corrected chi connectivity index (χ1v) is 39.0. The van der Waals surface area contributed by atoms with E-state index in [2.05, 4.69) is 392 Å². The molecular formula is C108H70BBrO2. The van der Waals surface area contributed by atoms with Gasteiger partial charge in [0, 0.05) is 4.47 Å². The van der Waals surface area contributed by atoms with Gasteiger partial charge in [-0.05, 0) is 267 Å². The molecule has 0 fully saturated rings. The van der Waals surface area contributed by atoms with Gasteiger partial charge in [0.2, 0.25) is 0 Å². The molecule has 0 aliphatic heterocycles. The number of halogens is 1. The lowest BCUT2D eigenvalue weighted by Crippen LogP contribution is -2.31. The molecule has 2 N–H and O–H groups in total. The van der Waals surface area contributed by atoms with Crippen LogP contribution >= 0.6 is 15.9 Å². The van der Waals surface area contributed by atoms with Crippen LogP contribution in [0.25, 0.3) is 207 Å². The molecule has 0 bridgehead atoms. The van der Waals surface area contributed by atoms with Crippen molar-refractivity contribution < 1.29 is 10.0 Å². The maximum atomic E-state index is 10.2. The van der Waals surface area contributed by atoms with Crippen LogP contribution in [0.15, 0.2) is 417 Å². The Morgan fingerprint density at radius 3 is 0.812 bits per heavy atom. The topological polar surface area (TPSA) is 40.5 Å². The summed E-state index contributed by atoms with van der Waals surface area (Å²) in [6, 6.07) is 148. The van der Waals surface area contributed by atoms with E-state index >= 15 is 0 Å². The molecule has 4 heteroatoms. The Hall–Kier alpha value is -13.6. The van der Waals surface area contributed by atoms with Crippen molar-refractivity contribution in [1.82, 2.24) is 0 Å². The van der Waals surface area contributed by atoms with Gasteiger partial charge in [0.05, 0.1) is 0 Å². The Balaban J connectivity index is 0.000000120. The minimum absolute atomic E-state index is 0.551. The lowest BCUT2D eigenvalue weighted by atomic mass is 9.72. The van der Waals surface area contributed by atoms with Crippen LogP contribution in [0.1, 0.15) is 0 Å². The monoisotopic (exact) mass is 1490 g/mol. The third kappa shape index (κ3) is 12.4. The molecule has 0 aromatic heterocycles. The summed E-state index contributed by atoms with van der Waals surface area (Å²) in [6.07, 6.45) is 0. The molecule has 0 heterocycles. The molecule has 524 valence electrons. The molecule has 0 saturated heterocycles. The second-order valence-corrected chi connectivity index (χ2v) is 30.2. The van der Waals surface area contributed by atoms with Crippen LogP contribution in [0.5, 0.6) is 0 Å². The summed E-state index contributed by atoms with van der Waals surface area (Å²) in [7, 11) is -1.55. The van der Waals surface area contributed by atoms with Crippen molar-refractivity contribution >= 4 is 158 Å². The third-order valence-corrected chi connectivity index (χ3v) is 23.3. The molecule has 0 aliphatic rings. The van der Waals surface area contributed by atoms with E-state index in [-0.39, 0.29) is 0 Å². The molecule has 22 rings (SSSR count). The van der Waals surface area contributed by atoms with Gasteiger partial charge in [0.25, 0.3) is 0 Å². The normalized spacial score (nSPS) is 11.5. The summed E-state index contributed by atoms with van der Waals surface area (Å²) in [4.78, 5) is 0. The average Bonchev–Trinajstić information content (AvgIpc) is 0.716. The van der Waals surface area contributed by atoms with Gasteiger partial charge in [-0.15, -0.1) is 0 Å². The van der Waals surface area contributed by atoms with Crippen molar-refractivity contribution in [2.24, 2.45) is 0 Å². The minimum Gasteiger partial charge on any atom is -0.423 e. The highest BCUT2D eigenvalue weighted by atomic mass is 79.9. The predicted molar refractivity (Wildman–Crippen MR) is 485 cm³/mol. The Labute approximate surface area is 657 Å². The number of hydrogen-bond acceptors (Lipinski definition) is 2. The Morgan fingerprint density at radius 2 is 0.411 bits per heavy atom. The van der Waals surface area contributed by atoms with Gasteiger partial charge in [0.15, 0.2) is 0 Å². The minimum atomic E-state index is -1.55. The van der Waals surface area contributed by atoms with E-state index in [0.29, 0.717) is 5.46 Å². The third-order valence-electron chi connectivity index (χ3n) is 22.8. The zero-order valence-electron chi connectivity index (χ0n) is 61.1. The van der Waals surface area contributed by atoms with Crippen molar-refractivity contribution in [1.29, 1.82) is 0 Å². The first-order chi connectivity index (χ1) is 55.3. The van der Waals surface area contributed by atoms with Crippen LogP contribution in [0.3, 0.4) is 0 Å². The SMILES string of the molecule is Brc1ccc2cc(-c3ccc4ccc5ccccc5c4c3)ccc2c1.OB(O)c1c2ccccc2c(-c2cccc(-c3cccc4ccccc34)c2)c2ccccc12.c1cc(-c2cccc3ccccc23)cc(-c2c3ccccc3c(-c3ccc4cc(-c5ccc6ccc7ccccc7c6c5)ccc4c3)c3ccccc23)c1. The summed E-state index contributed by atoms with van der Waals surface area (Å²) >= 11 is 3.55. The quantitative estimate of drug-likeness (QED) is 0.0904. The van der Waals surface area contributed by atoms with Gasteiger partial charge >= 0.3 is 7.12 Å². The number of rotatable bonds is 8. The summed E-state index contributed by atoms with van der Waals surface area (Å²) < 4.78 is 1.12. The fraction of sp³-hybridized carbons (Fsp3) is 0. The molecule has 0 saturated carbocycles. The summed E-state index contributed by atoms with van der Waals surface area (Å²) in [5.41, 5.74) is 17.6. The van der Waals surface area contributed by atoms with Gasteiger partial charge in [-0.2, -0.15) is 0 Å². The summed E-state index contributed by atoms with van der Waals surface area (Å²) in [6.45, 7) is 0. The van der Waals surface area contributed by atoms with Crippen molar-refractivity contribution in [3.8, 4) is 77.9 Å². The van der Waals surface area contributed by atoms with Gasteiger partial charge in [-0.25, -0.2) is 0 Å². The Morgan fingerprint density at radius 1 is 0.161 bits per heavy atom. The van der Waals surface area contributed by atoms with E-state index in [1.807, 2.05) is 36.4 Å². The smallest absolute Gasteiger partial charge is 0.423 e. The molecule has 22 aromatic rings. The fourth-order valence-corrected chi connectivity index (χ4v) is 17.9. The highest BCUT2D eigenvalue weighted by Gasteiger charge is 2.24. The highest BCUT2D eigenvalue weighted by Crippen LogP contribution is 2.47. The molecule has 0 radical (unpaired) electrons. The molecule has 0 amide bonds. The highest BCUT2D eigenvalue weighted by molar-refractivity contribution is 9.10. The molecule has 0 spiro atoms. The van der Waals surface area contributed by atoms with Crippen LogP contribution in [0, 0.1) is 0 Å². The number of hydrogen-bond donors (Lipinski definition) is 2. The first-order valence-electron chi connectivity index (χ1n) is 38.2. The average molecular weight is 1490 g/mol. The van der Waals surface area contributed by atoms with Crippen LogP contribution < -0.4 is 5.46 Å². The molecule has 112 heavy (non-hydrogen) atoms.